The number of ether oxygens (including phenoxy) is 1. The molecule has 1 aliphatic carbocycles. The SMILES string of the molecule is CC(C)S(=O)(=O)N1CCN(c2cnn(-c3cccc(Cl)c3)c(=O)c2OC2CCc3ncccc32)CC1. The van der Waals surface area contributed by atoms with Gasteiger partial charge in [-0.05, 0) is 51.0 Å². The highest BCUT2D eigenvalue weighted by atomic mass is 35.5. The monoisotopic (exact) mass is 529 g/mol. The fraction of sp³-hybridized carbons (Fsp3) is 0.400. The zero-order chi connectivity index (χ0) is 25.4. The maximum atomic E-state index is 13.7. The first-order valence-corrected chi connectivity index (χ1v) is 13.9. The highest BCUT2D eigenvalue weighted by molar-refractivity contribution is 7.89. The zero-order valence-corrected chi connectivity index (χ0v) is 21.7. The number of hydrogen-bond donors (Lipinski definition) is 0. The van der Waals surface area contributed by atoms with Gasteiger partial charge in [-0.2, -0.15) is 14.1 Å². The van der Waals surface area contributed by atoms with E-state index < -0.39 is 20.8 Å². The van der Waals surface area contributed by atoms with E-state index in [1.54, 1.807) is 50.5 Å². The Morgan fingerprint density at radius 3 is 2.61 bits per heavy atom. The highest BCUT2D eigenvalue weighted by Gasteiger charge is 2.33. The predicted octanol–water partition coefficient (Wildman–Crippen LogP) is 3.21. The average Bonchev–Trinajstić information content (AvgIpc) is 3.28. The van der Waals surface area contributed by atoms with Gasteiger partial charge in [0, 0.05) is 48.7 Å². The van der Waals surface area contributed by atoms with Crippen molar-refractivity contribution in [1.82, 2.24) is 19.1 Å². The van der Waals surface area contributed by atoms with E-state index in [0.717, 1.165) is 17.7 Å². The van der Waals surface area contributed by atoms with E-state index in [9.17, 15) is 13.2 Å². The maximum Gasteiger partial charge on any atom is 0.316 e. The number of rotatable bonds is 6. The van der Waals surface area contributed by atoms with Gasteiger partial charge in [-0.3, -0.25) is 9.78 Å². The molecular weight excluding hydrogens is 502 g/mol. The first kappa shape index (κ1) is 24.7. The van der Waals surface area contributed by atoms with E-state index in [2.05, 4.69) is 10.1 Å². The fourth-order valence-corrected chi connectivity index (χ4v) is 6.13. The topological polar surface area (TPSA) is 97.6 Å². The van der Waals surface area contributed by atoms with Crippen molar-refractivity contribution in [3.63, 3.8) is 0 Å². The maximum absolute atomic E-state index is 13.7. The first-order chi connectivity index (χ1) is 17.3. The molecule has 0 amide bonds. The molecule has 1 aromatic carbocycles. The van der Waals surface area contributed by atoms with Crippen molar-refractivity contribution in [2.75, 3.05) is 31.1 Å². The molecule has 0 radical (unpaired) electrons. The molecule has 5 rings (SSSR count). The molecule has 2 aliphatic rings. The van der Waals surface area contributed by atoms with Crippen LogP contribution in [0.1, 0.15) is 37.6 Å². The molecule has 1 atom stereocenters. The number of pyridine rings is 1. The predicted molar refractivity (Wildman–Crippen MR) is 139 cm³/mol. The minimum absolute atomic E-state index is 0.187. The van der Waals surface area contributed by atoms with E-state index in [4.69, 9.17) is 16.3 Å². The number of nitrogens with zero attached hydrogens (tertiary/aromatic N) is 5. The van der Waals surface area contributed by atoms with Crippen LogP contribution in [-0.4, -0.2) is 58.9 Å². The first-order valence-electron chi connectivity index (χ1n) is 12.0. The molecule has 3 heterocycles. The third kappa shape index (κ3) is 4.60. The van der Waals surface area contributed by atoms with Gasteiger partial charge in [0.15, 0.2) is 0 Å². The van der Waals surface area contributed by atoms with Crippen LogP contribution in [0.5, 0.6) is 5.75 Å². The number of piperazine rings is 1. The van der Waals surface area contributed by atoms with Gasteiger partial charge in [-0.15, -0.1) is 0 Å². The van der Waals surface area contributed by atoms with Crippen molar-refractivity contribution < 1.29 is 13.2 Å². The van der Waals surface area contributed by atoms with E-state index >= 15 is 0 Å². The van der Waals surface area contributed by atoms with Gasteiger partial charge in [-0.25, -0.2) is 8.42 Å². The third-order valence-corrected chi connectivity index (χ3v) is 9.19. The summed E-state index contributed by atoms with van der Waals surface area (Å²) in [5, 5.41) is 4.43. The van der Waals surface area contributed by atoms with Crippen molar-refractivity contribution in [2.24, 2.45) is 0 Å². The molecule has 2 aromatic heterocycles. The van der Waals surface area contributed by atoms with Crippen LogP contribution in [0.4, 0.5) is 5.69 Å². The Balaban J connectivity index is 1.51. The van der Waals surface area contributed by atoms with E-state index in [1.807, 2.05) is 17.0 Å². The van der Waals surface area contributed by atoms with Gasteiger partial charge in [0.05, 0.1) is 17.1 Å². The quantitative estimate of drug-likeness (QED) is 0.483. The summed E-state index contributed by atoms with van der Waals surface area (Å²) in [6.07, 6.45) is 4.55. The summed E-state index contributed by atoms with van der Waals surface area (Å²) in [5.74, 6) is 0.187. The Kier molecular flexibility index (Phi) is 6.76. The smallest absolute Gasteiger partial charge is 0.316 e. The average molecular weight is 530 g/mol. The van der Waals surface area contributed by atoms with Crippen LogP contribution in [-0.2, 0) is 16.4 Å². The number of fused-ring (bicyclic) bond motifs is 1. The van der Waals surface area contributed by atoms with Crippen LogP contribution < -0.4 is 15.2 Å². The summed E-state index contributed by atoms with van der Waals surface area (Å²) in [6, 6.07) is 10.8. The van der Waals surface area contributed by atoms with Crippen molar-refractivity contribution in [3.8, 4) is 11.4 Å². The lowest BCUT2D eigenvalue weighted by Gasteiger charge is -2.36. The van der Waals surface area contributed by atoms with Crippen molar-refractivity contribution in [2.45, 2.75) is 38.0 Å². The molecule has 1 aliphatic heterocycles. The normalized spacial score (nSPS) is 18.4. The Hall–Kier alpha value is -2.95. The molecule has 9 nitrogen and oxygen atoms in total. The number of aryl methyl sites for hydroxylation is 1. The molecule has 1 saturated heterocycles. The van der Waals surface area contributed by atoms with E-state index in [-0.39, 0.29) is 11.9 Å². The highest BCUT2D eigenvalue weighted by Crippen LogP contribution is 2.36. The summed E-state index contributed by atoms with van der Waals surface area (Å²) in [6.45, 7) is 4.87. The summed E-state index contributed by atoms with van der Waals surface area (Å²) in [4.78, 5) is 20.2. The lowest BCUT2D eigenvalue weighted by atomic mass is 10.2. The fourth-order valence-electron chi connectivity index (χ4n) is 4.68. The summed E-state index contributed by atoms with van der Waals surface area (Å²) in [7, 11) is -3.35. The second-order valence-corrected chi connectivity index (χ2v) is 12.1. The molecule has 36 heavy (non-hydrogen) atoms. The number of halogens is 1. The van der Waals surface area contributed by atoms with Crippen LogP contribution in [0.3, 0.4) is 0 Å². The van der Waals surface area contributed by atoms with Gasteiger partial charge in [-0.1, -0.05) is 23.7 Å². The van der Waals surface area contributed by atoms with Crippen LogP contribution in [0.25, 0.3) is 5.69 Å². The Bertz CT molecular complexity index is 1430. The lowest BCUT2D eigenvalue weighted by Crippen LogP contribution is -2.50. The summed E-state index contributed by atoms with van der Waals surface area (Å²) >= 11 is 6.16. The molecule has 0 bridgehead atoms. The van der Waals surface area contributed by atoms with Crippen LogP contribution in [0, 0.1) is 0 Å². The molecule has 11 heteroatoms. The summed E-state index contributed by atoms with van der Waals surface area (Å²) < 4.78 is 34.5. The zero-order valence-electron chi connectivity index (χ0n) is 20.2. The standard InChI is InChI=1S/C25H28ClN5O4S/c1-17(2)36(33,34)30-13-11-29(12-14-30)22-16-28-31(19-6-3-5-18(26)15-19)25(32)24(22)35-23-9-8-21-20(23)7-4-10-27-21/h3-7,10,15-17,23H,8-9,11-14H2,1-2H3. The number of sulfonamides is 1. The molecule has 0 spiro atoms. The van der Waals surface area contributed by atoms with E-state index in [1.165, 1.54) is 8.99 Å². The molecule has 1 fully saturated rings. The molecule has 3 aromatic rings. The van der Waals surface area contributed by atoms with Gasteiger partial charge < -0.3 is 9.64 Å². The Morgan fingerprint density at radius 1 is 1.11 bits per heavy atom. The van der Waals surface area contributed by atoms with Gasteiger partial charge in [0.1, 0.15) is 11.8 Å². The van der Waals surface area contributed by atoms with Crippen LogP contribution >= 0.6 is 11.6 Å². The third-order valence-electron chi connectivity index (χ3n) is 6.68. The molecule has 0 N–H and O–H groups in total. The Labute approximate surface area is 215 Å². The second kappa shape index (κ2) is 9.84. The van der Waals surface area contributed by atoms with Gasteiger partial charge >= 0.3 is 5.56 Å². The van der Waals surface area contributed by atoms with Gasteiger partial charge in [0.25, 0.3) is 0 Å². The largest absolute Gasteiger partial charge is 0.478 e. The molecule has 190 valence electrons. The minimum atomic E-state index is -3.35. The van der Waals surface area contributed by atoms with Crippen molar-refractivity contribution >= 4 is 27.3 Å². The summed E-state index contributed by atoms with van der Waals surface area (Å²) in [5.41, 5.74) is 2.63. The number of aromatic nitrogens is 3. The number of hydrogen-bond acceptors (Lipinski definition) is 7. The van der Waals surface area contributed by atoms with E-state index in [0.29, 0.717) is 49.0 Å². The van der Waals surface area contributed by atoms with Crippen molar-refractivity contribution in [3.05, 3.63) is 75.4 Å². The van der Waals surface area contributed by atoms with Crippen LogP contribution in [0.15, 0.2) is 53.6 Å². The number of anilines is 1. The lowest BCUT2D eigenvalue weighted by molar-refractivity contribution is 0.203. The minimum Gasteiger partial charge on any atom is -0.478 e. The second-order valence-electron chi connectivity index (χ2n) is 9.22. The van der Waals surface area contributed by atoms with Gasteiger partial charge in [0.2, 0.25) is 15.8 Å². The number of benzene rings is 1. The molecular formula is C25H28ClN5O4S. The molecule has 1 unspecified atom stereocenters. The Morgan fingerprint density at radius 2 is 1.89 bits per heavy atom. The van der Waals surface area contributed by atoms with Crippen LogP contribution in [0.2, 0.25) is 5.02 Å². The molecule has 0 saturated carbocycles. The van der Waals surface area contributed by atoms with Crippen molar-refractivity contribution in [1.29, 1.82) is 0 Å².